The quantitative estimate of drug-likeness (QED) is 0.909. The summed E-state index contributed by atoms with van der Waals surface area (Å²) < 4.78 is 37.8. The zero-order valence-electron chi connectivity index (χ0n) is 10.8. The Morgan fingerprint density at radius 3 is 2.62 bits per heavy atom. The maximum absolute atomic E-state index is 12.6. The number of carboxylic acid groups (broad SMARTS) is 1. The monoisotopic (exact) mass is 297 g/mol. The third-order valence-electron chi connectivity index (χ3n) is 2.58. The van der Waals surface area contributed by atoms with Crippen molar-refractivity contribution < 1.29 is 23.1 Å². The van der Waals surface area contributed by atoms with Crippen molar-refractivity contribution >= 4 is 17.3 Å². The number of nitrogens with one attached hydrogen (secondary N) is 1. The minimum Gasteiger partial charge on any atom is -0.476 e. The molecule has 0 radical (unpaired) electrons. The number of nitrogens with zero attached hydrogens (tertiary/aromatic N) is 2. The Balaban J connectivity index is 2.37. The first-order chi connectivity index (χ1) is 9.77. The van der Waals surface area contributed by atoms with Gasteiger partial charge in [-0.3, -0.25) is 4.98 Å². The molecule has 2 heterocycles. The summed E-state index contributed by atoms with van der Waals surface area (Å²) in [6.45, 7) is 1.61. The molecule has 2 aromatic rings. The second-order valence-electron chi connectivity index (χ2n) is 4.24. The molecule has 0 amide bonds. The Morgan fingerprint density at radius 1 is 1.29 bits per heavy atom. The summed E-state index contributed by atoms with van der Waals surface area (Å²) in [6.07, 6.45) is -2.66. The number of hydrogen-bond donors (Lipinski definition) is 2. The highest BCUT2D eigenvalue weighted by molar-refractivity contribution is 5.93. The van der Waals surface area contributed by atoms with Crippen molar-refractivity contribution in [1.29, 1.82) is 0 Å². The Morgan fingerprint density at radius 2 is 2.00 bits per heavy atom. The second kappa shape index (κ2) is 5.39. The van der Waals surface area contributed by atoms with E-state index in [2.05, 4.69) is 15.3 Å². The average molecular weight is 297 g/mol. The van der Waals surface area contributed by atoms with Crippen LogP contribution in [0.2, 0.25) is 0 Å². The summed E-state index contributed by atoms with van der Waals surface area (Å²) >= 11 is 0. The lowest BCUT2D eigenvalue weighted by Gasteiger charge is -2.11. The molecule has 8 heteroatoms. The lowest BCUT2D eigenvalue weighted by Crippen LogP contribution is -2.08. The number of rotatable bonds is 3. The smallest absolute Gasteiger partial charge is 0.417 e. The Hall–Kier alpha value is -2.64. The van der Waals surface area contributed by atoms with Crippen LogP contribution in [0.3, 0.4) is 0 Å². The molecule has 2 N–H and O–H groups in total. The van der Waals surface area contributed by atoms with Gasteiger partial charge < -0.3 is 10.4 Å². The number of hydrogen-bond acceptors (Lipinski definition) is 4. The van der Waals surface area contributed by atoms with E-state index in [1.54, 1.807) is 13.0 Å². The maximum atomic E-state index is 12.6. The molecule has 2 aromatic heterocycles. The first-order valence-corrected chi connectivity index (χ1v) is 5.77. The predicted molar refractivity (Wildman–Crippen MR) is 68.5 cm³/mol. The van der Waals surface area contributed by atoms with Crippen LogP contribution in [0.5, 0.6) is 0 Å². The molecule has 0 atom stereocenters. The van der Waals surface area contributed by atoms with Crippen LogP contribution in [0, 0.1) is 6.92 Å². The molecule has 0 aliphatic carbocycles. The second-order valence-corrected chi connectivity index (χ2v) is 4.24. The minimum atomic E-state index is -4.52. The molecule has 2 rings (SSSR count). The molecule has 0 saturated heterocycles. The van der Waals surface area contributed by atoms with E-state index in [4.69, 9.17) is 5.11 Å². The summed E-state index contributed by atoms with van der Waals surface area (Å²) in [5.74, 6) is -1.28. The first kappa shape index (κ1) is 14.8. The lowest BCUT2D eigenvalue weighted by molar-refractivity contribution is -0.137. The van der Waals surface area contributed by atoms with Gasteiger partial charge in [-0.1, -0.05) is 0 Å². The van der Waals surface area contributed by atoms with Crippen molar-refractivity contribution in [2.24, 2.45) is 0 Å². The van der Waals surface area contributed by atoms with E-state index in [0.717, 1.165) is 6.07 Å². The fraction of sp³-hybridized carbons (Fsp3) is 0.154. The van der Waals surface area contributed by atoms with Crippen molar-refractivity contribution in [1.82, 2.24) is 9.97 Å². The van der Waals surface area contributed by atoms with E-state index in [9.17, 15) is 18.0 Å². The molecular formula is C13H10F3N3O2. The van der Waals surface area contributed by atoms with Crippen molar-refractivity contribution in [3.63, 3.8) is 0 Å². The highest BCUT2D eigenvalue weighted by atomic mass is 19.4. The van der Waals surface area contributed by atoms with E-state index in [-0.39, 0.29) is 17.1 Å². The fourth-order valence-electron chi connectivity index (χ4n) is 1.64. The first-order valence-electron chi connectivity index (χ1n) is 5.77. The molecule has 0 fully saturated rings. The van der Waals surface area contributed by atoms with Crippen molar-refractivity contribution in [3.05, 3.63) is 47.5 Å². The van der Waals surface area contributed by atoms with Gasteiger partial charge in [0, 0.05) is 11.9 Å². The van der Waals surface area contributed by atoms with Crippen LogP contribution in [0.1, 0.15) is 21.7 Å². The highest BCUT2D eigenvalue weighted by Gasteiger charge is 2.31. The van der Waals surface area contributed by atoms with Crippen LogP contribution in [-0.2, 0) is 6.18 Å². The van der Waals surface area contributed by atoms with E-state index in [1.807, 2.05) is 0 Å². The lowest BCUT2D eigenvalue weighted by atomic mass is 10.2. The summed E-state index contributed by atoms with van der Waals surface area (Å²) in [4.78, 5) is 18.4. The molecule has 0 aliphatic heterocycles. The molecule has 5 nitrogen and oxygen atoms in total. The van der Waals surface area contributed by atoms with Crippen molar-refractivity contribution in [2.45, 2.75) is 13.1 Å². The Labute approximate surface area is 117 Å². The zero-order valence-corrected chi connectivity index (χ0v) is 10.8. The third kappa shape index (κ3) is 3.47. The van der Waals surface area contributed by atoms with Gasteiger partial charge in [-0.25, -0.2) is 9.78 Å². The number of aromatic carboxylic acids is 1. The standard InChI is InChI=1S/C13H10F3N3O2/c1-7-2-3-10(11(18-7)12(20)21)19-9-4-8(5-17-6-9)13(14,15)16/h2-6,19H,1H3,(H,20,21). The van der Waals surface area contributed by atoms with Gasteiger partial charge in [-0.05, 0) is 25.1 Å². The molecule has 0 bridgehead atoms. The van der Waals surface area contributed by atoms with Gasteiger partial charge in [-0.2, -0.15) is 13.2 Å². The van der Waals surface area contributed by atoms with Crippen LogP contribution in [0.25, 0.3) is 0 Å². The molecule has 0 aliphatic rings. The number of aromatic nitrogens is 2. The average Bonchev–Trinajstić information content (AvgIpc) is 2.40. The van der Waals surface area contributed by atoms with Crippen LogP contribution < -0.4 is 5.32 Å². The molecule has 21 heavy (non-hydrogen) atoms. The van der Waals surface area contributed by atoms with Crippen LogP contribution in [0.15, 0.2) is 30.6 Å². The van der Waals surface area contributed by atoms with Gasteiger partial charge in [-0.15, -0.1) is 0 Å². The minimum absolute atomic E-state index is 0.0259. The number of pyridine rings is 2. The molecular weight excluding hydrogens is 287 g/mol. The topological polar surface area (TPSA) is 75.1 Å². The van der Waals surface area contributed by atoms with Crippen molar-refractivity contribution in [2.75, 3.05) is 5.32 Å². The van der Waals surface area contributed by atoms with Gasteiger partial charge >= 0.3 is 12.1 Å². The fourth-order valence-corrected chi connectivity index (χ4v) is 1.64. The SMILES string of the molecule is Cc1ccc(Nc2cncc(C(F)(F)F)c2)c(C(=O)O)n1. The number of halogens is 3. The van der Waals surface area contributed by atoms with Crippen LogP contribution in [-0.4, -0.2) is 21.0 Å². The van der Waals surface area contributed by atoms with E-state index < -0.39 is 17.7 Å². The van der Waals surface area contributed by atoms with E-state index >= 15 is 0 Å². The number of aryl methyl sites for hydroxylation is 1. The summed E-state index contributed by atoms with van der Waals surface area (Å²) in [5, 5.41) is 11.6. The molecule has 0 spiro atoms. The van der Waals surface area contributed by atoms with Gasteiger partial charge in [0.05, 0.1) is 23.1 Å². The Bertz CT molecular complexity index is 687. The van der Waals surface area contributed by atoms with E-state index in [0.29, 0.717) is 11.9 Å². The van der Waals surface area contributed by atoms with Gasteiger partial charge in [0.1, 0.15) is 0 Å². The van der Waals surface area contributed by atoms with E-state index in [1.165, 1.54) is 12.3 Å². The predicted octanol–water partition coefficient (Wildman–Crippen LogP) is 3.25. The summed E-state index contributed by atoms with van der Waals surface area (Å²) in [5.41, 5.74) is -0.593. The van der Waals surface area contributed by atoms with Gasteiger partial charge in [0.15, 0.2) is 5.69 Å². The number of carboxylic acids is 1. The summed E-state index contributed by atoms with van der Waals surface area (Å²) in [7, 11) is 0. The number of alkyl halides is 3. The van der Waals surface area contributed by atoms with Crippen LogP contribution in [0.4, 0.5) is 24.5 Å². The zero-order chi connectivity index (χ0) is 15.6. The molecule has 0 unspecified atom stereocenters. The van der Waals surface area contributed by atoms with Crippen LogP contribution >= 0.6 is 0 Å². The highest BCUT2D eigenvalue weighted by Crippen LogP contribution is 2.31. The largest absolute Gasteiger partial charge is 0.476 e. The number of anilines is 2. The van der Waals surface area contributed by atoms with Crippen molar-refractivity contribution in [3.8, 4) is 0 Å². The Kier molecular flexibility index (Phi) is 3.79. The van der Waals surface area contributed by atoms with Gasteiger partial charge in [0.25, 0.3) is 0 Å². The molecule has 110 valence electrons. The number of carbonyl (C=O) groups is 1. The summed E-state index contributed by atoms with van der Waals surface area (Å²) in [6, 6.07) is 3.83. The van der Waals surface area contributed by atoms with Gasteiger partial charge in [0.2, 0.25) is 0 Å². The maximum Gasteiger partial charge on any atom is 0.417 e. The normalized spacial score (nSPS) is 11.2. The third-order valence-corrected chi connectivity index (χ3v) is 2.58. The molecule has 0 aromatic carbocycles. The molecule has 0 saturated carbocycles.